The highest BCUT2D eigenvalue weighted by molar-refractivity contribution is 5.32. The minimum atomic E-state index is -0.570. The zero-order valence-corrected chi connectivity index (χ0v) is 10.5. The molecular weight excluding hydrogens is 266 g/mol. The van der Waals surface area contributed by atoms with Crippen LogP contribution in [0.3, 0.4) is 0 Å². The molecule has 0 atom stereocenters. The Kier molecular flexibility index (Phi) is 5.28. The molecule has 0 bridgehead atoms. The largest absolute Gasteiger partial charge is 0.269 e. The Labute approximate surface area is 113 Å². The lowest BCUT2D eigenvalue weighted by Gasteiger charge is -1.90. The van der Waals surface area contributed by atoms with Gasteiger partial charge in [-0.2, -0.15) is 0 Å². The van der Waals surface area contributed by atoms with Gasteiger partial charge in [-0.05, 0) is 19.1 Å². The average molecular weight is 277 g/mol. The average Bonchev–Trinajstić information content (AvgIpc) is 2.40. The molecule has 2 aromatic rings. The van der Waals surface area contributed by atoms with E-state index in [1.807, 2.05) is 6.92 Å². The molecule has 0 N–H and O–H groups in total. The Morgan fingerprint density at radius 1 is 0.800 bits per heavy atom. The van der Waals surface area contributed by atoms with Crippen LogP contribution in [0.4, 0.5) is 15.8 Å². The maximum Gasteiger partial charge on any atom is 0.269 e. The third kappa shape index (κ3) is 4.81. The van der Waals surface area contributed by atoms with Crippen LogP contribution in [0.5, 0.6) is 0 Å². The first-order chi connectivity index (χ1) is 9.40. The van der Waals surface area contributed by atoms with E-state index >= 15 is 0 Å². The molecule has 2 rings (SSSR count). The van der Waals surface area contributed by atoms with E-state index in [0.29, 0.717) is 0 Å². The van der Waals surface area contributed by atoms with E-state index in [2.05, 4.69) is 0 Å². The molecule has 104 valence electrons. The molecule has 0 fully saturated rings. The Morgan fingerprint density at radius 3 is 1.50 bits per heavy atom. The van der Waals surface area contributed by atoms with Crippen molar-refractivity contribution in [2.24, 2.45) is 0 Å². The molecule has 0 aromatic heterocycles. The summed E-state index contributed by atoms with van der Waals surface area (Å²) in [6.07, 6.45) is 0. The number of halogens is 1. The van der Waals surface area contributed by atoms with Gasteiger partial charge in [-0.3, -0.25) is 20.2 Å². The molecule has 0 unspecified atom stereocenters. The topological polar surface area (TPSA) is 86.3 Å². The van der Waals surface area contributed by atoms with E-state index in [0.717, 1.165) is 29.8 Å². The van der Waals surface area contributed by atoms with Crippen LogP contribution in [0.25, 0.3) is 0 Å². The molecule has 0 heterocycles. The van der Waals surface area contributed by atoms with Crippen molar-refractivity contribution in [1.82, 2.24) is 0 Å². The van der Waals surface area contributed by atoms with Crippen molar-refractivity contribution in [1.29, 1.82) is 0 Å². The Balaban J connectivity index is 0.000000200. The number of nitro groups is 2. The summed E-state index contributed by atoms with van der Waals surface area (Å²) in [4.78, 5) is 19.1. The Morgan fingerprint density at radius 2 is 1.15 bits per heavy atom. The number of benzene rings is 2. The van der Waals surface area contributed by atoms with E-state index < -0.39 is 15.7 Å². The SMILES string of the molecule is Cc1ccc([N+](=O)[O-])cc1.O=[N+]([O-])c1ccc([18F])cc1. The predicted molar refractivity (Wildman–Crippen MR) is 70.9 cm³/mol. The van der Waals surface area contributed by atoms with Crippen LogP contribution in [0, 0.1) is 33.0 Å². The summed E-state index contributed by atoms with van der Waals surface area (Å²) in [5.41, 5.74) is 1.08. The van der Waals surface area contributed by atoms with Crippen molar-refractivity contribution in [2.75, 3.05) is 0 Å². The molecule has 0 aliphatic heterocycles. The number of nitrogens with zero attached hydrogens (tertiary/aromatic N) is 2. The fourth-order valence-corrected chi connectivity index (χ4v) is 1.23. The zero-order chi connectivity index (χ0) is 15.1. The second kappa shape index (κ2) is 6.93. The molecule has 0 saturated heterocycles. The van der Waals surface area contributed by atoms with Gasteiger partial charge in [0.05, 0.1) is 9.85 Å². The summed E-state index contributed by atoms with van der Waals surface area (Å²) >= 11 is 0. The molecule has 20 heavy (non-hydrogen) atoms. The number of hydrogen-bond donors (Lipinski definition) is 0. The summed E-state index contributed by atoms with van der Waals surface area (Å²) in [7, 11) is 0. The summed E-state index contributed by atoms with van der Waals surface area (Å²) in [5.74, 6) is -0.467. The lowest BCUT2D eigenvalue weighted by molar-refractivity contribution is -0.385. The minimum absolute atomic E-state index is 0.0959. The van der Waals surface area contributed by atoms with Crippen molar-refractivity contribution in [3.63, 3.8) is 0 Å². The van der Waals surface area contributed by atoms with E-state index in [-0.39, 0.29) is 11.4 Å². The number of aryl methyl sites for hydroxylation is 1. The van der Waals surface area contributed by atoms with Crippen LogP contribution in [0.15, 0.2) is 48.5 Å². The van der Waals surface area contributed by atoms with Crippen LogP contribution in [-0.4, -0.2) is 9.85 Å². The molecule has 0 spiro atoms. The molecule has 6 nitrogen and oxygen atoms in total. The van der Waals surface area contributed by atoms with Crippen molar-refractivity contribution in [2.45, 2.75) is 6.92 Å². The van der Waals surface area contributed by atoms with Crippen LogP contribution >= 0.6 is 0 Å². The van der Waals surface area contributed by atoms with Gasteiger partial charge in [0.1, 0.15) is 5.82 Å². The summed E-state index contributed by atoms with van der Waals surface area (Å²) < 4.78 is 12.1. The maximum absolute atomic E-state index is 12.1. The number of rotatable bonds is 2. The molecule has 0 radical (unpaired) electrons. The molecule has 0 aliphatic rings. The zero-order valence-electron chi connectivity index (χ0n) is 10.5. The van der Waals surface area contributed by atoms with Gasteiger partial charge >= 0.3 is 0 Å². The maximum atomic E-state index is 12.1. The molecule has 7 heteroatoms. The molecule has 0 amide bonds. The van der Waals surface area contributed by atoms with Gasteiger partial charge in [0.25, 0.3) is 11.4 Å². The lowest BCUT2D eigenvalue weighted by Crippen LogP contribution is -1.86. The van der Waals surface area contributed by atoms with E-state index in [1.54, 1.807) is 12.1 Å². The predicted octanol–water partition coefficient (Wildman–Crippen LogP) is 3.64. The summed E-state index contributed by atoms with van der Waals surface area (Å²) in [6, 6.07) is 10.8. The standard InChI is InChI=1S/C7H7NO2.C6H4FNO2/c1-6-2-4-7(5-3-6)8(9)10;7-5-1-3-6(4-2-5)8(9)10/h2-5H,1H3;1-4H/i;7-1. The highest BCUT2D eigenvalue weighted by Gasteiger charge is 2.02. The Hall–Kier alpha value is -2.83. The highest BCUT2D eigenvalue weighted by atomic mass is 18.2. The van der Waals surface area contributed by atoms with Crippen molar-refractivity contribution >= 4 is 11.4 Å². The van der Waals surface area contributed by atoms with Crippen LogP contribution in [0.2, 0.25) is 0 Å². The van der Waals surface area contributed by atoms with E-state index in [1.165, 1.54) is 12.1 Å². The third-order valence-corrected chi connectivity index (χ3v) is 2.28. The summed E-state index contributed by atoms with van der Waals surface area (Å²) in [5, 5.41) is 20.1. The Bertz CT molecular complexity index is 541. The fraction of sp³-hybridized carbons (Fsp3) is 0.0769. The quantitative estimate of drug-likeness (QED) is 0.619. The smallest absolute Gasteiger partial charge is 0.258 e. The van der Waals surface area contributed by atoms with Crippen molar-refractivity contribution in [3.8, 4) is 0 Å². The van der Waals surface area contributed by atoms with Gasteiger partial charge in [0.15, 0.2) is 0 Å². The van der Waals surface area contributed by atoms with Crippen LogP contribution in [-0.2, 0) is 0 Å². The third-order valence-electron chi connectivity index (χ3n) is 2.28. The number of non-ortho nitro benzene ring substituents is 2. The van der Waals surface area contributed by atoms with Crippen LogP contribution in [0.1, 0.15) is 5.56 Å². The second-order valence-electron chi connectivity index (χ2n) is 3.83. The van der Waals surface area contributed by atoms with E-state index in [4.69, 9.17) is 0 Å². The molecule has 0 saturated carbocycles. The first kappa shape index (κ1) is 15.2. The van der Waals surface area contributed by atoms with E-state index in [9.17, 15) is 24.6 Å². The number of hydrogen-bond acceptors (Lipinski definition) is 4. The lowest BCUT2D eigenvalue weighted by atomic mass is 10.2. The van der Waals surface area contributed by atoms with Gasteiger partial charge in [-0.1, -0.05) is 17.7 Å². The van der Waals surface area contributed by atoms with Gasteiger partial charge in [0.2, 0.25) is 0 Å². The second-order valence-corrected chi connectivity index (χ2v) is 3.83. The van der Waals surface area contributed by atoms with Crippen LogP contribution < -0.4 is 0 Å². The molecular formula is C13H11FN2O4. The van der Waals surface area contributed by atoms with Crippen molar-refractivity contribution < 1.29 is 14.2 Å². The minimum Gasteiger partial charge on any atom is -0.258 e. The monoisotopic (exact) mass is 277 g/mol. The number of nitro benzene ring substituents is 2. The normalized spacial score (nSPS) is 9.30. The highest BCUT2D eigenvalue weighted by Crippen LogP contribution is 2.10. The fourth-order valence-electron chi connectivity index (χ4n) is 1.23. The van der Waals surface area contributed by atoms with Gasteiger partial charge in [-0.25, -0.2) is 4.39 Å². The van der Waals surface area contributed by atoms with Gasteiger partial charge < -0.3 is 0 Å². The first-order valence-electron chi connectivity index (χ1n) is 5.51. The van der Waals surface area contributed by atoms with Gasteiger partial charge in [0, 0.05) is 24.3 Å². The van der Waals surface area contributed by atoms with Gasteiger partial charge in [-0.15, -0.1) is 0 Å². The van der Waals surface area contributed by atoms with Crippen molar-refractivity contribution in [3.05, 3.63) is 80.1 Å². The molecule has 0 aliphatic carbocycles. The first-order valence-corrected chi connectivity index (χ1v) is 5.51. The molecule has 2 aromatic carbocycles. The summed E-state index contributed by atoms with van der Waals surface area (Å²) in [6.45, 7) is 1.89.